The topological polar surface area (TPSA) is 91.5 Å². The maximum atomic E-state index is 12.7. The number of likely N-dealkylation sites (tertiary alicyclic amines) is 1. The van der Waals surface area contributed by atoms with Gasteiger partial charge in [-0.3, -0.25) is 4.79 Å². The van der Waals surface area contributed by atoms with Crippen LogP contribution in [0, 0.1) is 6.92 Å². The number of hydrogen-bond acceptors (Lipinski definition) is 6. The average molecular weight is 348 g/mol. The minimum absolute atomic E-state index is 0.115. The molecule has 1 amide bonds. The van der Waals surface area contributed by atoms with Gasteiger partial charge in [0, 0.05) is 23.7 Å². The van der Waals surface area contributed by atoms with Crippen LogP contribution in [-0.4, -0.2) is 46.6 Å². The molecule has 6 nitrogen and oxygen atoms in total. The Labute approximate surface area is 145 Å². The number of nitrogens with two attached hydrogens (primary N) is 1. The molecule has 0 bridgehead atoms. The zero-order chi connectivity index (χ0) is 17.3. The molecule has 3 heterocycles. The number of aliphatic hydroxyl groups excluding tert-OH is 1. The fraction of sp³-hybridized carbons (Fsp3) is 0.529. The highest BCUT2D eigenvalue weighted by atomic mass is 32.1. The lowest BCUT2D eigenvalue weighted by Crippen LogP contribution is -2.47. The van der Waals surface area contributed by atoms with Crippen molar-refractivity contribution in [2.75, 3.05) is 25.4 Å². The van der Waals surface area contributed by atoms with E-state index in [4.69, 9.17) is 5.73 Å². The number of likely N-dealkylation sites (N-methyl/N-ethyl adjacent to an activating group) is 1. The number of rotatable bonds is 4. The first-order valence-corrected chi connectivity index (χ1v) is 9.17. The van der Waals surface area contributed by atoms with E-state index in [0.717, 1.165) is 43.7 Å². The standard InChI is InChI=1S/C17H24N4O2S/c1-3-21-6-4-5-12(8-21)20-16(23)15-14(18)13-11(9-22)7-10(2)19-17(13)24-15/h7,12,22H,3-6,8-9,18H2,1-2H3,(H,20,23). The predicted octanol–water partition coefficient (Wildman–Crippen LogP) is 1.89. The molecular formula is C17H24N4O2S. The van der Waals surface area contributed by atoms with Crippen molar-refractivity contribution in [3.05, 3.63) is 22.2 Å². The summed E-state index contributed by atoms with van der Waals surface area (Å²) >= 11 is 1.30. The molecule has 130 valence electrons. The van der Waals surface area contributed by atoms with Gasteiger partial charge in [0.05, 0.1) is 12.3 Å². The van der Waals surface area contributed by atoms with Crippen LogP contribution in [0.15, 0.2) is 6.07 Å². The Kier molecular flexibility index (Phi) is 5.03. The van der Waals surface area contributed by atoms with E-state index in [1.165, 1.54) is 11.3 Å². The van der Waals surface area contributed by atoms with Gasteiger partial charge in [-0.1, -0.05) is 6.92 Å². The molecule has 4 N–H and O–H groups in total. The van der Waals surface area contributed by atoms with E-state index in [2.05, 4.69) is 22.1 Å². The summed E-state index contributed by atoms with van der Waals surface area (Å²) in [7, 11) is 0. The molecule has 1 aliphatic heterocycles. The number of thiophene rings is 1. The van der Waals surface area contributed by atoms with Crippen LogP contribution in [0.2, 0.25) is 0 Å². The number of piperidine rings is 1. The molecule has 1 fully saturated rings. The number of nitrogens with zero attached hydrogens (tertiary/aromatic N) is 2. The maximum absolute atomic E-state index is 12.7. The molecule has 3 rings (SSSR count). The Bertz CT molecular complexity index is 759. The van der Waals surface area contributed by atoms with Crippen LogP contribution in [0.25, 0.3) is 10.2 Å². The van der Waals surface area contributed by atoms with Crippen LogP contribution >= 0.6 is 11.3 Å². The fourth-order valence-electron chi connectivity index (χ4n) is 3.34. The normalized spacial score (nSPS) is 18.9. The van der Waals surface area contributed by atoms with Crippen molar-refractivity contribution in [2.45, 2.75) is 39.3 Å². The highest BCUT2D eigenvalue weighted by Gasteiger charge is 2.24. The quantitative estimate of drug-likeness (QED) is 0.785. The predicted molar refractivity (Wildman–Crippen MR) is 97.3 cm³/mol. The molecule has 0 aromatic carbocycles. The van der Waals surface area contributed by atoms with Gasteiger partial charge in [-0.25, -0.2) is 4.98 Å². The summed E-state index contributed by atoms with van der Waals surface area (Å²) in [6.07, 6.45) is 2.09. The SMILES string of the molecule is CCN1CCCC(NC(=O)c2sc3nc(C)cc(CO)c3c2N)C1. The van der Waals surface area contributed by atoms with Gasteiger partial charge in [0.2, 0.25) is 0 Å². The number of fused-ring (bicyclic) bond motifs is 1. The zero-order valence-corrected chi connectivity index (χ0v) is 14.9. The second kappa shape index (κ2) is 7.04. The molecular weight excluding hydrogens is 324 g/mol. The number of amides is 1. The number of pyridine rings is 1. The first-order chi connectivity index (χ1) is 11.5. The van der Waals surface area contributed by atoms with Gasteiger partial charge in [0.1, 0.15) is 9.71 Å². The van der Waals surface area contributed by atoms with Gasteiger partial charge in [0.15, 0.2) is 0 Å². The Morgan fingerprint density at radius 3 is 3.08 bits per heavy atom. The zero-order valence-electron chi connectivity index (χ0n) is 14.1. The summed E-state index contributed by atoms with van der Waals surface area (Å²) in [4.78, 5) is 20.7. The fourth-order valence-corrected chi connectivity index (χ4v) is 4.43. The summed E-state index contributed by atoms with van der Waals surface area (Å²) in [6, 6.07) is 1.97. The van der Waals surface area contributed by atoms with E-state index in [1.807, 2.05) is 13.0 Å². The highest BCUT2D eigenvalue weighted by Crippen LogP contribution is 2.35. The Hall–Kier alpha value is -1.70. The molecule has 0 saturated carbocycles. The van der Waals surface area contributed by atoms with E-state index >= 15 is 0 Å². The molecule has 24 heavy (non-hydrogen) atoms. The van der Waals surface area contributed by atoms with Crippen molar-refractivity contribution in [3.63, 3.8) is 0 Å². The van der Waals surface area contributed by atoms with E-state index in [1.54, 1.807) is 0 Å². The van der Waals surface area contributed by atoms with Crippen LogP contribution in [-0.2, 0) is 6.61 Å². The summed E-state index contributed by atoms with van der Waals surface area (Å²) in [5.74, 6) is -0.139. The van der Waals surface area contributed by atoms with Gasteiger partial charge >= 0.3 is 0 Å². The van der Waals surface area contributed by atoms with Crippen LogP contribution in [0.4, 0.5) is 5.69 Å². The summed E-state index contributed by atoms with van der Waals surface area (Å²) in [5, 5.41) is 13.4. The average Bonchev–Trinajstić information content (AvgIpc) is 2.91. The van der Waals surface area contributed by atoms with Crippen molar-refractivity contribution in [3.8, 4) is 0 Å². The molecule has 2 aromatic rings. The third-order valence-corrected chi connectivity index (χ3v) is 5.67. The first kappa shape index (κ1) is 17.1. The van der Waals surface area contributed by atoms with Crippen molar-refractivity contribution < 1.29 is 9.90 Å². The number of carbonyl (C=O) groups is 1. The molecule has 1 saturated heterocycles. The van der Waals surface area contributed by atoms with E-state index in [9.17, 15) is 9.90 Å². The number of hydrogen-bond donors (Lipinski definition) is 3. The van der Waals surface area contributed by atoms with Crippen molar-refractivity contribution in [2.24, 2.45) is 0 Å². The summed E-state index contributed by atoms with van der Waals surface area (Å²) in [6.45, 7) is 6.87. The number of aromatic nitrogens is 1. The van der Waals surface area contributed by atoms with Gasteiger partial charge in [-0.15, -0.1) is 11.3 Å². The van der Waals surface area contributed by atoms with E-state index < -0.39 is 0 Å². The number of anilines is 1. The second-order valence-electron chi connectivity index (χ2n) is 6.31. The lowest BCUT2D eigenvalue weighted by Gasteiger charge is -2.32. The number of carbonyl (C=O) groups excluding carboxylic acids is 1. The van der Waals surface area contributed by atoms with E-state index in [0.29, 0.717) is 20.8 Å². The Morgan fingerprint density at radius 2 is 2.38 bits per heavy atom. The van der Waals surface area contributed by atoms with Gasteiger partial charge in [-0.2, -0.15) is 0 Å². The second-order valence-corrected chi connectivity index (χ2v) is 7.31. The largest absolute Gasteiger partial charge is 0.397 e. The molecule has 0 spiro atoms. The molecule has 1 aliphatic rings. The molecule has 0 aliphatic carbocycles. The first-order valence-electron chi connectivity index (χ1n) is 8.36. The van der Waals surface area contributed by atoms with Crippen LogP contribution in [0.1, 0.15) is 40.7 Å². The number of nitrogens with one attached hydrogen (secondary N) is 1. The lowest BCUT2D eigenvalue weighted by atomic mass is 10.1. The molecule has 0 radical (unpaired) electrons. The monoisotopic (exact) mass is 348 g/mol. The number of aliphatic hydroxyl groups is 1. The molecule has 2 aromatic heterocycles. The lowest BCUT2D eigenvalue weighted by molar-refractivity contribution is 0.0911. The summed E-state index contributed by atoms with van der Waals surface area (Å²) in [5.41, 5.74) is 8.17. The third kappa shape index (κ3) is 3.24. The van der Waals surface area contributed by atoms with Crippen molar-refractivity contribution in [1.29, 1.82) is 0 Å². The minimum atomic E-state index is -0.139. The Balaban J connectivity index is 1.86. The van der Waals surface area contributed by atoms with Crippen molar-refractivity contribution >= 4 is 33.1 Å². The molecule has 1 atom stereocenters. The molecule has 1 unspecified atom stereocenters. The number of aryl methyl sites for hydroxylation is 1. The Morgan fingerprint density at radius 1 is 1.58 bits per heavy atom. The van der Waals surface area contributed by atoms with Gasteiger partial charge in [-0.05, 0) is 44.5 Å². The van der Waals surface area contributed by atoms with Gasteiger partial charge < -0.3 is 21.1 Å². The van der Waals surface area contributed by atoms with E-state index in [-0.39, 0.29) is 18.6 Å². The number of nitrogen functional groups attached to an aromatic ring is 1. The minimum Gasteiger partial charge on any atom is -0.397 e. The molecule has 7 heteroatoms. The highest BCUT2D eigenvalue weighted by molar-refractivity contribution is 7.21. The van der Waals surface area contributed by atoms with Crippen LogP contribution in [0.3, 0.4) is 0 Å². The smallest absolute Gasteiger partial charge is 0.263 e. The summed E-state index contributed by atoms with van der Waals surface area (Å²) < 4.78 is 0. The maximum Gasteiger partial charge on any atom is 0.263 e. The van der Waals surface area contributed by atoms with Crippen molar-refractivity contribution in [1.82, 2.24) is 15.2 Å². The van der Waals surface area contributed by atoms with Gasteiger partial charge in [0.25, 0.3) is 5.91 Å². The van der Waals surface area contributed by atoms with Crippen LogP contribution in [0.5, 0.6) is 0 Å². The third-order valence-electron chi connectivity index (χ3n) is 4.57. The van der Waals surface area contributed by atoms with Crippen LogP contribution < -0.4 is 11.1 Å².